The first-order valence-corrected chi connectivity index (χ1v) is 3.52. The zero-order chi connectivity index (χ0) is 8.32. The molecule has 1 unspecified atom stereocenters. The Hall–Kier alpha value is -0.640. The molecule has 1 aliphatic carbocycles. The topological polar surface area (TPSA) is 60.7 Å². The third-order valence-electron chi connectivity index (χ3n) is 1.78. The minimum atomic E-state index is -1.11. The summed E-state index contributed by atoms with van der Waals surface area (Å²) in [5.41, 5.74) is -0.332. The van der Waals surface area contributed by atoms with Crippen LogP contribution in [0.3, 0.4) is 0 Å². The summed E-state index contributed by atoms with van der Waals surface area (Å²) in [6.07, 6.45) is 5.23. The third-order valence-corrected chi connectivity index (χ3v) is 1.78. The Bertz CT molecular complexity index is 196. The molecule has 3 nitrogen and oxygen atoms in total. The van der Waals surface area contributed by atoms with Crippen molar-refractivity contribution in [1.82, 2.24) is 0 Å². The van der Waals surface area contributed by atoms with E-state index >= 15 is 0 Å². The molecule has 1 aliphatic rings. The number of hydrogen-bond acceptors (Lipinski definition) is 3. The van der Waals surface area contributed by atoms with E-state index in [1.165, 1.54) is 6.08 Å². The van der Waals surface area contributed by atoms with E-state index in [0.717, 1.165) is 5.57 Å². The van der Waals surface area contributed by atoms with Crippen molar-refractivity contribution in [3.8, 4) is 0 Å². The van der Waals surface area contributed by atoms with Crippen molar-refractivity contribution in [1.29, 1.82) is 0 Å². The normalized spacial score (nSPS) is 30.3. The van der Waals surface area contributed by atoms with E-state index in [1.807, 2.05) is 0 Å². The van der Waals surface area contributed by atoms with Crippen molar-refractivity contribution in [2.75, 3.05) is 13.2 Å². The highest BCUT2D eigenvalue weighted by molar-refractivity contribution is 5.27. The Morgan fingerprint density at radius 1 is 1.45 bits per heavy atom. The summed E-state index contributed by atoms with van der Waals surface area (Å²) < 4.78 is 0. The van der Waals surface area contributed by atoms with Crippen LogP contribution in [0.2, 0.25) is 0 Å². The third kappa shape index (κ3) is 1.89. The van der Waals surface area contributed by atoms with E-state index < -0.39 is 5.60 Å². The Morgan fingerprint density at radius 2 is 2.18 bits per heavy atom. The molecule has 0 aromatic heterocycles. The van der Waals surface area contributed by atoms with Crippen LogP contribution in [0.1, 0.15) is 6.42 Å². The van der Waals surface area contributed by atoms with Crippen LogP contribution in [0, 0.1) is 0 Å². The van der Waals surface area contributed by atoms with Gasteiger partial charge in [0, 0.05) is 6.42 Å². The molecule has 0 aromatic carbocycles. The van der Waals surface area contributed by atoms with Crippen LogP contribution in [0.15, 0.2) is 23.8 Å². The zero-order valence-corrected chi connectivity index (χ0v) is 6.20. The molecule has 62 valence electrons. The minimum absolute atomic E-state index is 0.0159. The second kappa shape index (κ2) is 3.17. The summed E-state index contributed by atoms with van der Waals surface area (Å²) in [4.78, 5) is 0. The zero-order valence-electron chi connectivity index (χ0n) is 6.20. The van der Waals surface area contributed by atoms with Crippen LogP contribution in [-0.4, -0.2) is 34.1 Å². The molecule has 0 bridgehead atoms. The van der Waals surface area contributed by atoms with Gasteiger partial charge < -0.3 is 15.3 Å². The van der Waals surface area contributed by atoms with E-state index in [1.54, 1.807) is 12.2 Å². The predicted octanol–water partition coefficient (Wildman–Crippen LogP) is -0.412. The molecule has 0 fully saturated rings. The molecule has 0 saturated heterocycles. The summed E-state index contributed by atoms with van der Waals surface area (Å²) in [5, 5.41) is 26.8. The molecular weight excluding hydrogens is 144 g/mol. The molecule has 0 saturated carbocycles. The maximum absolute atomic E-state index is 9.43. The second-order valence-corrected chi connectivity index (χ2v) is 2.74. The molecule has 0 aliphatic heterocycles. The highest BCUT2D eigenvalue weighted by Crippen LogP contribution is 2.19. The molecule has 0 amide bonds. The maximum Gasteiger partial charge on any atom is 0.109 e. The van der Waals surface area contributed by atoms with Gasteiger partial charge in [-0.2, -0.15) is 0 Å². The van der Waals surface area contributed by atoms with Gasteiger partial charge in [-0.15, -0.1) is 0 Å². The summed E-state index contributed by atoms with van der Waals surface area (Å²) >= 11 is 0. The smallest absolute Gasteiger partial charge is 0.109 e. The Balaban J connectivity index is 2.63. The van der Waals surface area contributed by atoms with E-state index in [9.17, 15) is 5.11 Å². The van der Waals surface area contributed by atoms with Crippen molar-refractivity contribution in [3.05, 3.63) is 23.8 Å². The Kier molecular flexibility index (Phi) is 2.44. The molecule has 0 aromatic rings. The molecule has 0 spiro atoms. The van der Waals surface area contributed by atoms with E-state index in [0.29, 0.717) is 6.42 Å². The molecule has 11 heavy (non-hydrogen) atoms. The van der Waals surface area contributed by atoms with Crippen LogP contribution in [0.5, 0.6) is 0 Å². The van der Waals surface area contributed by atoms with E-state index in [4.69, 9.17) is 10.2 Å². The minimum Gasteiger partial charge on any atom is -0.393 e. The Labute approximate surface area is 65.3 Å². The fraction of sp³-hybridized carbons (Fsp3) is 0.500. The number of aliphatic hydroxyl groups excluding tert-OH is 2. The van der Waals surface area contributed by atoms with Crippen molar-refractivity contribution in [2.45, 2.75) is 12.0 Å². The predicted molar refractivity (Wildman–Crippen MR) is 41.0 cm³/mol. The quantitative estimate of drug-likeness (QED) is 0.509. The molecule has 1 atom stereocenters. The van der Waals surface area contributed by atoms with Crippen molar-refractivity contribution >= 4 is 0 Å². The first-order valence-electron chi connectivity index (χ1n) is 3.52. The largest absolute Gasteiger partial charge is 0.393 e. The lowest BCUT2D eigenvalue weighted by atomic mass is 9.93. The molecule has 0 heterocycles. The van der Waals surface area contributed by atoms with E-state index in [-0.39, 0.29) is 13.2 Å². The number of rotatable bonds is 2. The summed E-state index contributed by atoms with van der Waals surface area (Å²) in [5.74, 6) is 0. The second-order valence-electron chi connectivity index (χ2n) is 2.74. The first-order chi connectivity index (χ1) is 5.20. The highest BCUT2D eigenvalue weighted by Gasteiger charge is 2.23. The average Bonchev–Trinajstić information content (AvgIpc) is 2.06. The molecule has 3 N–H and O–H groups in total. The van der Waals surface area contributed by atoms with Gasteiger partial charge in [-0.1, -0.05) is 18.2 Å². The van der Waals surface area contributed by atoms with Gasteiger partial charge in [0.2, 0.25) is 0 Å². The van der Waals surface area contributed by atoms with Crippen LogP contribution < -0.4 is 0 Å². The number of aliphatic hydroxyl groups is 3. The van der Waals surface area contributed by atoms with Gasteiger partial charge in [0.05, 0.1) is 13.2 Å². The van der Waals surface area contributed by atoms with Gasteiger partial charge in [-0.05, 0) is 5.57 Å². The highest BCUT2D eigenvalue weighted by atomic mass is 16.3. The standard InChI is InChI=1S/C8H12O3/c9-5-7-1-3-8(11,6-10)4-2-7/h1-3,9-11H,4-6H2. The molecular formula is C8H12O3. The van der Waals surface area contributed by atoms with Gasteiger partial charge in [-0.25, -0.2) is 0 Å². The van der Waals surface area contributed by atoms with E-state index in [2.05, 4.69) is 0 Å². The number of hydrogen-bond donors (Lipinski definition) is 3. The van der Waals surface area contributed by atoms with Crippen molar-refractivity contribution in [3.63, 3.8) is 0 Å². The average molecular weight is 156 g/mol. The van der Waals surface area contributed by atoms with Gasteiger partial charge in [-0.3, -0.25) is 0 Å². The summed E-state index contributed by atoms with van der Waals surface area (Å²) in [6, 6.07) is 0. The monoisotopic (exact) mass is 156 g/mol. The molecule has 0 radical (unpaired) electrons. The van der Waals surface area contributed by atoms with Crippen LogP contribution in [0.4, 0.5) is 0 Å². The lowest BCUT2D eigenvalue weighted by Gasteiger charge is -2.23. The summed E-state index contributed by atoms with van der Waals surface area (Å²) in [7, 11) is 0. The van der Waals surface area contributed by atoms with Crippen molar-refractivity contribution < 1.29 is 15.3 Å². The fourth-order valence-corrected chi connectivity index (χ4v) is 0.941. The van der Waals surface area contributed by atoms with Crippen molar-refractivity contribution in [2.24, 2.45) is 0 Å². The fourth-order valence-electron chi connectivity index (χ4n) is 0.941. The van der Waals surface area contributed by atoms with Gasteiger partial charge in [0.15, 0.2) is 0 Å². The SMILES string of the molecule is OCC1=CCC(O)(CO)C=C1. The van der Waals surface area contributed by atoms with Gasteiger partial charge in [0.1, 0.15) is 5.60 Å². The first kappa shape index (κ1) is 8.46. The van der Waals surface area contributed by atoms with Crippen LogP contribution in [-0.2, 0) is 0 Å². The Morgan fingerprint density at radius 3 is 2.55 bits per heavy atom. The van der Waals surface area contributed by atoms with Gasteiger partial charge in [0.25, 0.3) is 0 Å². The maximum atomic E-state index is 9.43. The lowest BCUT2D eigenvalue weighted by Crippen LogP contribution is -2.31. The van der Waals surface area contributed by atoms with Crippen LogP contribution in [0.25, 0.3) is 0 Å². The summed E-state index contributed by atoms with van der Waals surface area (Å²) in [6.45, 7) is -0.295. The molecule has 1 rings (SSSR count). The molecule has 3 heteroatoms. The lowest BCUT2D eigenvalue weighted by molar-refractivity contribution is 0.0285. The van der Waals surface area contributed by atoms with Gasteiger partial charge >= 0.3 is 0 Å². The van der Waals surface area contributed by atoms with Crippen LogP contribution >= 0.6 is 0 Å².